The second-order valence-corrected chi connectivity index (χ2v) is 9.99. The maximum absolute atomic E-state index is 14.5. The number of fused-ring (bicyclic) bond motifs is 1. The maximum Gasteiger partial charge on any atom is 0.233 e. The van der Waals surface area contributed by atoms with E-state index >= 15 is 0 Å². The zero-order valence-corrected chi connectivity index (χ0v) is 19.2. The van der Waals surface area contributed by atoms with Gasteiger partial charge in [0.1, 0.15) is 21.5 Å². The second-order valence-electron chi connectivity index (χ2n) is 7.80. The van der Waals surface area contributed by atoms with Gasteiger partial charge in [-0.15, -0.1) is 0 Å². The van der Waals surface area contributed by atoms with Gasteiger partial charge in [0.15, 0.2) is 11.5 Å². The number of halogens is 1. The highest BCUT2D eigenvalue weighted by molar-refractivity contribution is 7.90. The van der Waals surface area contributed by atoms with Crippen molar-refractivity contribution in [3.63, 3.8) is 0 Å². The van der Waals surface area contributed by atoms with E-state index in [0.29, 0.717) is 39.6 Å². The number of benzene rings is 2. The molecule has 0 saturated carbocycles. The summed E-state index contributed by atoms with van der Waals surface area (Å²) in [6, 6.07) is 12.1. The van der Waals surface area contributed by atoms with E-state index in [1.54, 1.807) is 42.5 Å². The number of carbonyl (C=O) groups is 1. The predicted octanol–water partition coefficient (Wildman–Crippen LogP) is 3.58. The van der Waals surface area contributed by atoms with Crippen molar-refractivity contribution in [2.24, 2.45) is 0 Å². The van der Waals surface area contributed by atoms with Crippen molar-refractivity contribution in [2.75, 3.05) is 31.1 Å². The maximum atomic E-state index is 14.5. The van der Waals surface area contributed by atoms with E-state index in [2.05, 4.69) is 4.98 Å². The number of carbonyl (C=O) groups excluding carboxylic acids is 1. The fourth-order valence-electron chi connectivity index (χ4n) is 4.14. The molecule has 33 heavy (non-hydrogen) atoms. The van der Waals surface area contributed by atoms with Gasteiger partial charge in [-0.05, 0) is 35.4 Å². The molecule has 1 aliphatic rings. The minimum Gasteiger partial charge on any atom is -0.493 e. The molecule has 2 aromatic carbocycles. The van der Waals surface area contributed by atoms with Gasteiger partial charge in [0, 0.05) is 23.6 Å². The predicted molar refractivity (Wildman–Crippen MR) is 123 cm³/mol. The summed E-state index contributed by atoms with van der Waals surface area (Å²) in [5.41, 5.74) is 2.03. The van der Waals surface area contributed by atoms with Gasteiger partial charge >= 0.3 is 0 Å². The lowest BCUT2D eigenvalue weighted by Crippen LogP contribution is -2.36. The first-order valence-corrected chi connectivity index (χ1v) is 12.2. The molecule has 3 aromatic rings. The Kier molecular flexibility index (Phi) is 6.07. The summed E-state index contributed by atoms with van der Waals surface area (Å²) in [6.07, 6.45) is 2.60. The number of hydrogen-bond acceptors (Lipinski definition) is 6. The highest BCUT2D eigenvalue weighted by Crippen LogP contribution is 2.41. The Balaban J connectivity index is 1.86. The van der Waals surface area contributed by atoms with E-state index in [1.165, 1.54) is 31.4 Å². The summed E-state index contributed by atoms with van der Waals surface area (Å²) in [5, 5.41) is 0. The molecule has 0 N–H and O–H groups in total. The number of methoxy groups -OCH3 is 2. The van der Waals surface area contributed by atoms with Crippen LogP contribution in [-0.2, 0) is 21.1 Å². The number of anilines is 1. The molecule has 172 valence electrons. The zero-order valence-electron chi connectivity index (χ0n) is 18.4. The molecule has 0 aliphatic carbocycles. The molecule has 9 heteroatoms. The summed E-state index contributed by atoms with van der Waals surface area (Å²) < 4.78 is 49.8. The average molecular weight is 471 g/mol. The summed E-state index contributed by atoms with van der Waals surface area (Å²) in [6.45, 7) is 0. The Hall–Kier alpha value is -3.46. The topological polar surface area (TPSA) is 85.8 Å². The first-order valence-electron chi connectivity index (χ1n) is 10.2. The van der Waals surface area contributed by atoms with Gasteiger partial charge in [0.25, 0.3) is 0 Å². The van der Waals surface area contributed by atoms with Crippen LogP contribution in [-0.4, -0.2) is 45.5 Å². The van der Waals surface area contributed by atoms with Crippen LogP contribution in [0.25, 0.3) is 11.1 Å². The summed E-state index contributed by atoms with van der Waals surface area (Å²) >= 11 is 0. The minimum absolute atomic E-state index is 0.0135. The molecule has 1 atom stereocenters. The number of rotatable bonds is 7. The Bertz CT molecular complexity index is 1330. The molecule has 0 spiro atoms. The van der Waals surface area contributed by atoms with E-state index in [0.717, 1.165) is 6.26 Å². The molecule has 0 saturated heterocycles. The van der Waals surface area contributed by atoms with Crippen LogP contribution < -0.4 is 14.4 Å². The molecule has 0 radical (unpaired) electrons. The number of hydrogen-bond donors (Lipinski definition) is 0. The number of nitrogens with zero attached hydrogens (tertiary/aromatic N) is 2. The highest BCUT2D eigenvalue weighted by atomic mass is 32.2. The molecule has 0 fully saturated rings. The number of pyridine rings is 1. The zero-order chi connectivity index (χ0) is 23.8. The molecule has 2 heterocycles. The molecular weight excluding hydrogens is 447 g/mol. The third-order valence-corrected chi connectivity index (χ3v) is 6.51. The largest absolute Gasteiger partial charge is 0.493 e. The molecule has 7 nitrogen and oxygen atoms in total. The van der Waals surface area contributed by atoms with E-state index in [9.17, 15) is 17.6 Å². The highest BCUT2D eigenvalue weighted by Gasteiger charge is 2.38. The lowest BCUT2D eigenvalue weighted by molar-refractivity contribution is -0.117. The first kappa shape index (κ1) is 22.7. The molecule has 1 aliphatic heterocycles. The van der Waals surface area contributed by atoms with E-state index < -0.39 is 21.7 Å². The third-order valence-electron chi connectivity index (χ3n) is 5.59. The van der Waals surface area contributed by atoms with Crippen molar-refractivity contribution in [2.45, 2.75) is 12.5 Å². The monoisotopic (exact) mass is 470 g/mol. The molecule has 0 bridgehead atoms. The lowest BCUT2D eigenvalue weighted by atomic mass is 10.00. The smallest absolute Gasteiger partial charge is 0.233 e. The van der Waals surface area contributed by atoms with Gasteiger partial charge in [-0.25, -0.2) is 17.8 Å². The van der Waals surface area contributed by atoms with Crippen molar-refractivity contribution in [3.8, 4) is 22.6 Å². The van der Waals surface area contributed by atoms with Crippen molar-refractivity contribution >= 4 is 21.6 Å². The van der Waals surface area contributed by atoms with Gasteiger partial charge in [0.05, 0.1) is 32.4 Å². The quantitative estimate of drug-likeness (QED) is 0.525. The Morgan fingerprint density at radius 1 is 1.06 bits per heavy atom. The Labute approximate surface area is 191 Å². The summed E-state index contributed by atoms with van der Waals surface area (Å²) in [7, 11) is -0.515. The van der Waals surface area contributed by atoms with Crippen LogP contribution in [0.5, 0.6) is 11.5 Å². The van der Waals surface area contributed by atoms with Crippen LogP contribution in [0, 0.1) is 5.82 Å². The van der Waals surface area contributed by atoms with Crippen molar-refractivity contribution < 1.29 is 27.1 Å². The SMILES string of the molecule is COc1ccc(C(CS(C)(=O)=O)N2C(=O)Cc3c(-c4ccccc4F)ccnc32)cc1OC. The molecular formula is C24H23FN2O5S. The second kappa shape index (κ2) is 8.82. The summed E-state index contributed by atoms with van der Waals surface area (Å²) in [5.74, 6) is 0.165. The van der Waals surface area contributed by atoms with Crippen LogP contribution in [0.3, 0.4) is 0 Å². The lowest BCUT2D eigenvalue weighted by Gasteiger charge is -2.28. The van der Waals surface area contributed by atoms with Crippen LogP contribution >= 0.6 is 0 Å². The van der Waals surface area contributed by atoms with Crippen LogP contribution in [0.2, 0.25) is 0 Å². The Morgan fingerprint density at radius 3 is 2.45 bits per heavy atom. The molecule has 1 amide bonds. The number of aromatic nitrogens is 1. The van der Waals surface area contributed by atoms with Gasteiger partial charge < -0.3 is 9.47 Å². The normalized spacial score (nSPS) is 14.2. The summed E-state index contributed by atoms with van der Waals surface area (Å²) in [4.78, 5) is 19.0. The van der Waals surface area contributed by atoms with Crippen molar-refractivity contribution in [3.05, 3.63) is 71.7 Å². The minimum atomic E-state index is -3.49. The standard InChI is InChI=1S/C24H23FN2O5S/c1-31-21-9-8-15(12-22(21)32-2)20(14-33(3,29)30)27-23(28)13-18-16(10-11-26-24(18)27)17-6-4-5-7-19(17)25/h4-12,20H,13-14H2,1-3H3. The molecule has 1 unspecified atom stereocenters. The number of ether oxygens (including phenoxy) is 2. The van der Waals surface area contributed by atoms with Gasteiger partial charge in [-0.3, -0.25) is 9.69 Å². The number of amides is 1. The van der Waals surface area contributed by atoms with Gasteiger partial charge in [-0.1, -0.05) is 24.3 Å². The third kappa shape index (κ3) is 4.41. The van der Waals surface area contributed by atoms with E-state index in [1.807, 2.05) is 0 Å². The van der Waals surface area contributed by atoms with E-state index in [-0.39, 0.29) is 18.1 Å². The van der Waals surface area contributed by atoms with Gasteiger partial charge in [-0.2, -0.15) is 0 Å². The number of sulfone groups is 1. The fourth-order valence-corrected chi connectivity index (χ4v) is 5.05. The molecule has 4 rings (SSSR count). The van der Waals surface area contributed by atoms with Crippen LogP contribution in [0.15, 0.2) is 54.7 Å². The van der Waals surface area contributed by atoms with Gasteiger partial charge in [0.2, 0.25) is 5.91 Å². The first-order chi connectivity index (χ1) is 15.7. The van der Waals surface area contributed by atoms with Crippen molar-refractivity contribution in [1.29, 1.82) is 0 Å². The van der Waals surface area contributed by atoms with Crippen LogP contribution in [0.4, 0.5) is 10.2 Å². The molecule has 1 aromatic heterocycles. The van der Waals surface area contributed by atoms with Crippen LogP contribution in [0.1, 0.15) is 17.2 Å². The fraction of sp³-hybridized carbons (Fsp3) is 0.250. The van der Waals surface area contributed by atoms with Crippen molar-refractivity contribution in [1.82, 2.24) is 4.98 Å². The van der Waals surface area contributed by atoms with E-state index in [4.69, 9.17) is 9.47 Å². The average Bonchev–Trinajstić information content (AvgIpc) is 3.12. The Morgan fingerprint density at radius 2 is 1.79 bits per heavy atom.